The Bertz CT molecular complexity index is 1120. The van der Waals surface area contributed by atoms with E-state index < -0.39 is 10.5 Å². The predicted octanol–water partition coefficient (Wildman–Crippen LogP) is 3.58. The molecule has 0 atom stereocenters. The second-order valence-electron chi connectivity index (χ2n) is 6.69. The van der Waals surface area contributed by atoms with E-state index in [9.17, 15) is 19.7 Å². The molecule has 0 radical (unpaired) electrons. The summed E-state index contributed by atoms with van der Waals surface area (Å²) in [6.07, 6.45) is 0.630. The van der Waals surface area contributed by atoms with Crippen LogP contribution in [0.3, 0.4) is 0 Å². The summed E-state index contributed by atoms with van der Waals surface area (Å²) in [5.74, 6) is -0.267. The van der Waals surface area contributed by atoms with Gasteiger partial charge in [0.05, 0.1) is 10.6 Å². The Kier molecular flexibility index (Phi) is 5.92. The van der Waals surface area contributed by atoms with Gasteiger partial charge in [-0.05, 0) is 31.5 Å². The van der Waals surface area contributed by atoms with Gasteiger partial charge in [-0.25, -0.2) is 4.79 Å². The Balaban J connectivity index is 1.62. The number of hydrogen-bond acceptors (Lipinski definition) is 6. The lowest BCUT2D eigenvalue weighted by atomic mass is 10.1. The number of nitrogens with zero attached hydrogens (tertiary/aromatic N) is 2. The van der Waals surface area contributed by atoms with Gasteiger partial charge in [-0.2, -0.15) is 0 Å². The smallest absolute Gasteiger partial charge is 0.338 e. The SMILES string of the molecule is Cc1c(C(=O)N(C)CCCNc2cc(=O)oc3ccccc23)cccc1[N+](=O)[O-]. The highest BCUT2D eigenvalue weighted by Crippen LogP contribution is 2.23. The Morgan fingerprint density at radius 3 is 2.72 bits per heavy atom. The fourth-order valence-corrected chi connectivity index (χ4v) is 3.16. The van der Waals surface area contributed by atoms with Crippen LogP contribution < -0.4 is 10.9 Å². The molecule has 29 heavy (non-hydrogen) atoms. The number of fused-ring (bicyclic) bond motifs is 1. The molecule has 3 aromatic rings. The van der Waals surface area contributed by atoms with Crippen molar-refractivity contribution in [2.24, 2.45) is 0 Å². The van der Waals surface area contributed by atoms with Crippen molar-refractivity contribution in [1.82, 2.24) is 4.90 Å². The minimum atomic E-state index is -0.489. The second kappa shape index (κ2) is 8.55. The molecule has 1 N–H and O–H groups in total. The van der Waals surface area contributed by atoms with Crippen LogP contribution >= 0.6 is 0 Å². The van der Waals surface area contributed by atoms with Crippen LogP contribution in [-0.4, -0.2) is 35.9 Å². The van der Waals surface area contributed by atoms with E-state index in [1.54, 1.807) is 32.2 Å². The number of hydrogen-bond donors (Lipinski definition) is 1. The number of amides is 1. The Morgan fingerprint density at radius 2 is 1.97 bits per heavy atom. The Hall–Kier alpha value is -3.68. The third-order valence-electron chi connectivity index (χ3n) is 4.71. The van der Waals surface area contributed by atoms with Gasteiger partial charge in [0, 0.05) is 48.8 Å². The molecular weight excluding hydrogens is 374 g/mol. The first-order valence-corrected chi connectivity index (χ1v) is 9.14. The molecule has 1 aromatic heterocycles. The number of carbonyl (C=O) groups is 1. The molecular formula is C21H21N3O5. The van der Waals surface area contributed by atoms with Crippen molar-refractivity contribution in [3.05, 3.63) is 80.2 Å². The van der Waals surface area contributed by atoms with E-state index in [1.165, 1.54) is 23.1 Å². The summed E-state index contributed by atoms with van der Waals surface area (Å²) in [5.41, 5.74) is 1.37. The lowest BCUT2D eigenvalue weighted by Gasteiger charge is -2.18. The average Bonchev–Trinajstić information content (AvgIpc) is 2.70. The summed E-state index contributed by atoms with van der Waals surface area (Å²) < 4.78 is 5.17. The number of para-hydroxylation sites is 1. The van der Waals surface area contributed by atoms with E-state index in [-0.39, 0.29) is 11.6 Å². The van der Waals surface area contributed by atoms with E-state index in [4.69, 9.17) is 4.42 Å². The van der Waals surface area contributed by atoms with Gasteiger partial charge in [-0.15, -0.1) is 0 Å². The van der Waals surface area contributed by atoms with Crippen LogP contribution in [0.4, 0.5) is 11.4 Å². The number of nitro benzene ring substituents is 1. The lowest BCUT2D eigenvalue weighted by molar-refractivity contribution is -0.385. The predicted molar refractivity (Wildman–Crippen MR) is 110 cm³/mol. The van der Waals surface area contributed by atoms with Crippen LogP contribution in [0.25, 0.3) is 11.0 Å². The molecule has 3 rings (SSSR count). The topological polar surface area (TPSA) is 106 Å². The zero-order valence-electron chi connectivity index (χ0n) is 16.2. The number of rotatable bonds is 7. The molecule has 8 heteroatoms. The van der Waals surface area contributed by atoms with Gasteiger partial charge in [0.25, 0.3) is 11.6 Å². The quantitative estimate of drug-likeness (QED) is 0.284. The molecule has 1 amide bonds. The summed E-state index contributed by atoms with van der Waals surface area (Å²) in [6, 6.07) is 13.2. The van der Waals surface area contributed by atoms with E-state index in [2.05, 4.69) is 5.32 Å². The van der Waals surface area contributed by atoms with E-state index in [0.717, 1.165) is 5.39 Å². The zero-order valence-corrected chi connectivity index (χ0v) is 16.2. The molecule has 0 saturated carbocycles. The van der Waals surface area contributed by atoms with Crippen molar-refractivity contribution >= 4 is 28.3 Å². The average molecular weight is 395 g/mol. The zero-order chi connectivity index (χ0) is 21.0. The van der Waals surface area contributed by atoms with E-state index >= 15 is 0 Å². The van der Waals surface area contributed by atoms with Crippen LogP contribution in [-0.2, 0) is 0 Å². The van der Waals surface area contributed by atoms with Crippen LogP contribution in [0.15, 0.2) is 57.7 Å². The normalized spacial score (nSPS) is 10.7. The van der Waals surface area contributed by atoms with Gasteiger partial charge >= 0.3 is 5.63 Å². The molecule has 0 aliphatic carbocycles. The molecule has 0 spiro atoms. The summed E-state index contributed by atoms with van der Waals surface area (Å²) in [4.78, 5) is 36.5. The fraction of sp³-hybridized carbons (Fsp3) is 0.238. The van der Waals surface area contributed by atoms with E-state index in [0.29, 0.717) is 41.9 Å². The van der Waals surface area contributed by atoms with Crippen LogP contribution in [0.1, 0.15) is 22.3 Å². The summed E-state index contributed by atoms with van der Waals surface area (Å²) in [5, 5.41) is 15.1. The minimum Gasteiger partial charge on any atom is -0.423 e. The molecule has 0 fully saturated rings. The molecule has 0 saturated heterocycles. The molecule has 0 unspecified atom stereocenters. The summed E-state index contributed by atoms with van der Waals surface area (Å²) in [6.45, 7) is 2.57. The Morgan fingerprint density at radius 1 is 1.21 bits per heavy atom. The van der Waals surface area contributed by atoms with Crippen molar-refractivity contribution in [1.29, 1.82) is 0 Å². The maximum absolute atomic E-state index is 12.7. The largest absolute Gasteiger partial charge is 0.423 e. The molecule has 150 valence electrons. The first-order valence-electron chi connectivity index (χ1n) is 9.14. The highest BCUT2D eigenvalue weighted by Gasteiger charge is 2.20. The highest BCUT2D eigenvalue weighted by molar-refractivity contribution is 5.96. The number of carbonyl (C=O) groups excluding carboxylic acids is 1. The van der Waals surface area contributed by atoms with Gasteiger partial charge in [0.1, 0.15) is 5.58 Å². The maximum Gasteiger partial charge on any atom is 0.338 e. The van der Waals surface area contributed by atoms with Crippen molar-refractivity contribution < 1.29 is 14.1 Å². The van der Waals surface area contributed by atoms with Crippen LogP contribution in [0.2, 0.25) is 0 Å². The van der Waals surface area contributed by atoms with E-state index in [1.807, 2.05) is 12.1 Å². The standard InChI is InChI=1S/C21H21N3O5/c1-14-15(8-5-9-18(14)24(27)28)21(26)23(2)12-6-11-22-17-13-20(25)29-19-10-4-3-7-16(17)19/h3-5,7-10,13,22H,6,11-12H2,1-2H3. The third-order valence-corrected chi connectivity index (χ3v) is 4.71. The van der Waals surface area contributed by atoms with Crippen LogP contribution in [0.5, 0.6) is 0 Å². The van der Waals surface area contributed by atoms with Crippen molar-refractivity contribution in [3.63, 3.8) is 0 Å². The van der Waals surface area contributed by atoms with Crippen molar-refractivity contribution in [3.8, 4) is 0 Å². The molecule has 8 nitrogen and oxygen atoms in total. The Labute approximate surface area is 166 Å². The fourth-order valence-electron chi connectivity index (χ4n) is 3.16. The molecule has 0 bridgehead atoms. The maximum atomic E-state index is 12.7. The first-order chi connectivity index (χ1) is 13.9. The number of benzene rings is 2. The first kappa shape index (κ1) is 20.1. The molecule has 0 aliphatic heterocycles. The number of nitro groups is 1. The van der Waals surface area contributed by atoms with Gasteiger partial charge in [0.15, 0.2) is 0 Å². The van der Waals surface area contributed by atoms with Crippen molar-refractivity contribution in [2.75, 3.05) is 25.5 Å². The van der Waals surface area contributed by atoms with Crippen molar-refractivity contribution in [2.45, 2.75) is 13.3 Å². The highest BCUT2D eigenvalue weighted by atomic mass is 16.6. The number of anilines is 1. The minimum absolute atomic E-state index is 0.0688. The molecule has 2 aromatic carbocycles. The summed E-state index contributed by atoms with van der Waals surface area (Å²) in [7, 11) is 1.66. The summed E-state index contributed by atoms with van der Waals surface area (Å²) >= 11 is 0. The monoisotopic (exact) mass is 395 g/mol. The van der Waals surface area contributed by atoms with Gasteiger partial charge in [0.2, 0.25) is 0 Å². The van der Waals surface area contributed by atoms with Gasteiger partial charge < -0.3 is 14.6 Å². The lowest BCUT2D eigenvalue weighted by Crippen LogP contribution is -2.29. The van der Waals surface area contributed by atoms with Gasteiger partial charge in [-0.3, -0.25) is 14.9 Å². The number of nitrogens with one attached hydrogen (secondary N) is 1. The molecule has 1 heterocycles. The second-order valence-corrected chi connectivity index (χ2v) is 6.69. The van der Waals surface area contributed by atoms with Gasteiger partial charge in [-0.1, -0.05) is 18.2 Å². The third kappa shape index (κ3) is 4.43. The molecule has 0 aliphatic rings. The van der Waals surface area contributed by atoms with Crippen LogP contribution in [0, 0.1) is 17.0 Å².